The van der Waals surface area contributed by atoms with E-state index in [-0.39, 0.29) is 12.7 Å². The van der Waals surface area contributed by atoms with Crippen molar-refractivity contribution in [1.29, 1.82) is 0 Å². The fourth-order valence-corrected chi connectivity index (χ4v) is 1.70. The summed E-state index contributed by atoms with van der Waals surface area (Å²) in [7, 11) is 0. The second kappa shape index (κ2) is 4.05. The molecular formula is C10H16O3. The Bertz CT molecular complexity index is 216. The van der Waals surface area contributed by atoms with E-state index in [2.05, 4.69) is 11.5 Å². The number of rotatable bonds is 3. The molecule has 0 aromatic rings. The maximum absolute atomic E-state index is 9.28. The Morgan fingerprint density at radius 3 is 2.92 bits per heavy atom. The van der Waals surface area contributed by atoms with E-state index in [1.807, 2.05) is 19.1 Å². The highest BCUT2D eigenvalue weighted by Gasteiger charge is 2.35. The van der Waals surface area contributed by atoms with Crippen LogP contribution in [0.3, 0.4) is 0 Å². The van der Waals surface area contributed by atoms with Crippen molar-refractivity contribution in [2.75, 3.05) is 6.61 Å². The Morgan fingerprint density at radius 1 is 1.77 bits per heavy atom. The van der Waals surface area contributed by atoms with Gasteiger partial charge in [0.1, 0.15) is 6.10 Å². The average Bonchev–Trinajstić information content (AvgIpc) is 2.19. The molecule has 0 aromatic carbocycles. The van der Waals surface area contributed by atoms with Crippen molar-refractivity contribution in [1.82, 2.24) is 0 Å². The van der Waals surface area contributed by atoms with E-state index in [1.165, 1.54) is 0 Å². The van der Waals surface area contributed by atoms with Gasteiger partial charge in [0.05, 0.1) is 6.61 Å². The number of aliphatic hydroxyl groups is 1. The predicted molar refractivity (Wildman–Crippen MR) is 50.2 cm³/mol. The molecule has 1 aliphatic carbocycles. The fraction of sp³-hybridized carbons (Fsp3) is 0.600. The first-order valence-electron chi connectivity index (χ1n) is 4.48. The van der Waals surface area contributed by atoms with Crippen molar-refractivity contribution in [2.45, 2.75) is 25.9 Å². The van der Waals surface area contributed by atoms with Gasteiger partial charge in [0.25, 0.3) is 0 Å². The topological polar surface area (TPSA) is 49.7 Å². The molecule has 0 aromatic heterocycles. The zero-order valence-electron chi connectivity index (χ0n) is 7.86. The van der Waals surface area contributed by atoms with Crippen LogP contribution in [0.5, 0.6) is 0 Å². The molecule has 0 aliphatic heterocycles. The summed E-state index contributed by atoms with van der Waals surface area (Å²) < 4.78 is 0. The molecule has 0 saturated carbocycles. The Kier molecular flexibility index (Phi) is 3.25. The number of hydrogen-bond donors (Lipinski definition) is 2. The fourth-order valence-electron chi connectivity index (χ4n) is 1.70. The summed E-state index contributed by atoms with van der Waals surface area (Å²) >= 11 is 0. The average molecular weight is 184 g/mol. The SMILES string of the molecule is C=C1[C@H](OO)CC=C[C@]1(CC)CO. The third kappa shape index (κ3) is 1.68. The highest BCUT2D eigenvalue weighted by atomic mass is 17.1. The normalized spacial score (nSPS) is 33.8. The largest absolute Gasteiger partial charge is 0.395 e. The summed E-state index contributed by atoms with van der Waals surface area (Å²) in [6.45, 7) is 5.86. The highest BCUT2D eigenvalue weighted by molar-refractivity contribution is 5.27. The lowest BCUT2D eigenvalue weighted by atomic mass is 9.73. The molecule has 1 aliphatic rings. The van der Waals surface area contributed by atoms with E-state index < -0.39 is 5.41 Å². The Labute approximate surface area is 78.3 Å². The van der Waals surface area contributed by atoms with E-state index in [4.69, 9.17) is 5.26 Å². The van der Waals surface area contributed by atoms with Crippen LogP contribution < -0.4 is 0 Å². The lowest BCUT2D eigenvalue weighted by molar-refractivity contribution is -0.270. The van der Waals surface area contributed by atoms with Crippen molar-refractivity contribution < 1.29 is 15.3 Å². The van der Waals surface area contributed by atoms with Crippen LogP contribution in [0.25, 0.3) is 0 Å². The molecule has 0 radical (unpaired) electrons. The molecular weight excluding hydrogens is 168 g/mol. The van der Waals surface area contributed by atoms with Crippen LogP contribution in [-0.2, 0) is 4.89 Å². The van der Waals surface area contributed by atoms with Gasteiger partial charge in [-0.15, -0.1) is 0 Å². The molecule has 0 amide bonds. The zero-order valence-corrected chi connectivity index (χ0v) is 7.86. The van der Waals surface area contributed by atoms with Crippen LogP contribution in [0.2, 0.25) is 0 Å². The monoisotopic (exact) mass is 184 g/mol. The predicted octanol–water partition coefficient (Wildman–Crippen LogP) is 1.75. The first-order valence-corrected chi connectivity index (χ1v) is 4.48. The molecule has 2 atom stereocenters. The van der Waals surface area contributed by atoms with Crippen LogP contribution in [0.15, 0.2) is 24.3 Å². The third-order valence-electron chi connectivity index (χ3n) is 2.86. The van der Waals surface area contributed by atoms with E-state index >= 15 is 0 Å². The molecule has 1 rings (SSSR count). The molecule has 0 heterocycles. The summed E-state index contributed by atoms with van der Waals surface area (Å²) in [6.07, 6.45) is 4.87. The molecule has 2 N–H and O–H groups in total. The van der Waals surface area contributed by atoms with Crippen molar-refractivity contribution in [3.63, 3.8) is 0 Å². The minimum Gasteiger partial charge on any atom is -0.395 e. The molecule has 0 bridgehead atoms. The molecule has 3 nitrogen and oxygen atoms in total. The van der Waals surface area contributed by atoms with Gasteiger partial charge >= 0.3 is 0 Å². The van der Waals surface area contributed by atoms with Crippen LogP contribution in [0.4, 0.5) is 0 Å². The summed E-state index contributed by atoms with van der Waals surface area (Å²) in [4.78, 5) is 4.30. The van der Waals surface area contributed by atoms with E-state index in [0.717, 1.165) is 12.0 Å². The van der Waals surface area contributed by atoms with Crippen LogP contribution >= 0.6 is 0 Å². The smallest absolute Gasteiger partial charge is 0.118 e. The molecule has 0 unspecified atom stereocenters. The van der Waals surface area contributed by atoms with Crippen molar-refractivity contribution in [3.8, 4) is 0 Å². The first kappa shape index (κ1) is 10.4. The Hall–Kier alpha value is -0.640. The third-order valence-corrected chi connectivity index (χ3v) is 2.86. The highest BCUT2D eigenvalue weighted by Crippen LogP contribution is 2.38. The van der Waals surface area contributed by atoms with Gasteiger partial charge in [-0.2, -0.15) is 0 Å². The first-order chi connectivity index (χ1) is 6.20. The maximum atomic E-state index is 9.28. The van der Waals surface area contributed by atoms with Gasteiger partial charge in [0.2, 0.25) is 0 Å². The summed E-state index contributed by atoms with van der Waals surface area (Å²) in [5.74, 6) is 0. The number of aliphatic hydroxyl groups excluding tert-OH is 1. The van der Waals surface area contributed by atoms with E-state index in [1.54, 1.807) is 0 Å². The van der Waals surface area contributed by atoms with Gasteiger partial charge < -0.3 is 5.11 Å². The second-order valence-corrected chi connectivity index (χ2v) is 3.43. The van der Waals surface area contributed by atoms with E-state index in [0.29, 0.717) is 6.42 Å². The van der Waals surface area contributed by atoms with Gasteiger partial charge in [-0.1, -0.05) is 25.7 Å². The zero-order chi connectivity index (χ0) is 9.90. The van der Waals surface area contributed by atoms with Crippen LogP contribution in [0, 0.1) is 5.41 Å². The van der Waals surface area contributed by atoms with E-state index in [9.17, 15) is 5.11 Å². The van der Waals surface area contributed by atoms with Crippen LogP contribution in [0.1, 0.15) is 19.8 Å². The second-order valence-electron chi connectivity index (χ2n) is 3.43. The molecule has 0 fully saturated rings. The summed E-state index contributed by atoms with van der Waals surface area (Å²) in [6, 6.07) is 0. The summed E-state index contributed by atoms with van der Waals surface area (Å²) in [5.41, 5.74) is 0.341. The lowest BCUT2D eigenvalue weighted by Crippen LogP contribution is -2.34. The standard InChI is InChI=1S/C10H16O3/c1-3-10(7-11)6-4-5-9(13-12)8(10)2/h4,6,9,11-12H,2-3,5,7H2,1H3/t9-,10-/m1/s1. The van der Waals surface area contributed by atoms with Crippen LogP contribution in [-0.4, -0.2) is 23.1 Å². The Balaban J connectivity index is 2.91. The van der Waals surface area contributed by atoms with Gasteiger partial charge in [0.15, 0.2) is 0 Å². The van der Waals surface area contributed by atoms with Crippen molar-refractivity contribution in [3.05, 3.63) is 24.3 Å². The number of hydrogen-bond acceptors (Lipinski definition) is 3. The van der Waals surface area contributed by atoms with Gasteiger partial charge in [-0.25, -0.2) is 4.89 Å². The van der Waals surface area contributed by atoms with Gasteiger partial charge in [-0.3, -0.25) is 5.26 Å². The van der Waals surface area contributed by atoms with Gasteiger partial charge in [0, 0.05) is 5.41 Å². The summed E-state index contributed by atoms with van der Waals surface area (Å²) in [5, 5.41) is 17.9. The molecule has 3 heteroatoms. The quantitative estimate of drug-likeness (QED) is 0.399. The lowest BCUT2D eigenvalue weighted by Gasteiger charge is -2.36. The molecule has 0 saturated heterocycles. The maximum Gasteiger partial charge on any atom is 0.118 e. The van der Waals surface area contributed by atoms with Gasteiger partial charge in [-0.05, 0) is 18.4 Å². The Morgan fingerprint density at radius 2 is 2.46 bits per heavy atom. The minimum atomic E-state index is -0.411. The minimum absolute atomic E-state index is 0.0126. The molecule has 74 valence electrons. The van der Waals surface area contributed by atoms with Crippen molar-refractivity contribution in [2.24, 2.45) is 5.41 Å². The molecule has 0 spiro atoms. The van der Waals surface area contributed by atoms with Crippen molar-refractivity contribution >= 4 is 0 Å². The molecule has 13 heavy (non-hydrogen) atoms.